The van der Waals surface area contributed by atoms with E-state index in [0.717, 1.165) is 39.6 Å². The number of hydrogen-bond acceptors (Lipinski definition) is 6. The summed E-state index contributed by atoms with van der Waals surface area (Å²) in [7, 11) is -7.36. The minimum absolute atomic E-state index is 0.0641. The molecular weight excluding hydrogens is 450 g/mol. The van der Waals surface area contributed by atoms with E-state index in [1.54, 1.807) is 4.68 Å². The minimum Gasteiger partial charge on any atom is -0.366 e. The lowest BCUT2D eigenvalue weighted by Crippen LogP contribution is -2.49. The zero-order valence-electron chi connectivity index (χ0n) is 17.3. The van der Waals surface area contributed by atoms with Gasteiger partial charge in [0, 0.05) is 26.2 Å². The summed E-state index contributed by atoms with van der Waals surface area (Å²) in [5, 5.41) is 4.55. The highest BCUT2D eigenvalue weighted by Crippen LogP contribution is 2.32. The van der Waals surface area contributed by atoms with Gasteiger partial charge < -0.3 is 4.90 Å². The van der Waals surface area contributed by atoms with E-state index in [2.05, 4.69) is 5.10 Å². The Morgan fingerprint density at radius 1 is 1.06 bits per heavy atom. The first kappa shape index (κ1) is 22.2. The number of anilines is 1. The van der Waals surface area contributed by atoms with E-state index < -0.39 is 36.4 Å². The fourth-order valence-corrected chi connectivity index (χ4v) is 7.67. The number of piperazine rings is 1. The quantitative estimate of drug-likeness (QED) is 0.669. The molecule has 0 N–H and O–H groups in total. The molecule has 0 amide bonds. The Hall–Kier alpha value is -2.05. The first-order valence-electron chi connectivity index (χ1n) is 9.96. The Morgan fingerprint density at radius 3 is 2.23 bits per heavy atom. The molecule has 2 aliphatic heterocycles. The van der Waals surface area contributed by atoms with E-state index in [4.69, 9.17) is 0 Å². The van der Waals surface area contributed by atoms with Gasteiger partial charge in [-0.1, -0.05) is 6.07 Å². The molecule has 8 nitrogen and oxygen atoms in total. The first-order chi connectivity index (χ1) is 14.5. The number of benzene rings is 1. The summed E-state index contributed by atoms with van der Waals surface area (Å²) in [5.74, 6) is -2.01. The van der Waals surface area contributed by atoms with Crippen LogP contribution in [0, 0.1) is 25.5 Å². The summed E-state index contributed by atoms with van der Waals surface area (Å²) >= 11 is 0. The number of sulfone groups is 1. The molecule has 0 saturated carbocycles. The molecule has 0 bridgehead atoms. The molecule has 3 heterocycles. The summed E-state index contributed by atoms with van der Waals surface area (Å²) < 4.78 is 80.2. The van der Waals surface area contributed by atoms with E-state index in [-0.39, 0.29) is 30.6 Å². The summed E-state index contributed by atoms with van der Waals surface area (Å²) in [5.41, 5.74) is 2.41. The second kappa shape index (κ2) is 7.82. The van der Waals surface area contributed by atoms with Crippen LogP contribution in [0.15, 0.2) is 23.1 Å². The van der Waals surface area contributed by atoms with Crippen LogP contribution in [0.5, 0.6) is 0 Å². The van der Waals surface area contributed by atoms with Crippen molar-refractivity contribution in [3.05, 3.63) is 41.2 Å². The summed E-state index contributed by atoms with van der Waals surface area (Å²) in [6.45, 7) is 4.49. The smallest absolute Gasteiger partial charge is 0.249 e. The molecule has 31 heavy (non-hydrogen) atoms. The molecular formula is C19H24F2N4O4S2. The average molecular weight is 475 g/mol. The van der Waals surface area contributed by atoms with Crippen molar-refractivity contribution in [2.45, 2.75) is 31.2 Å². The molecule has 12 heteroatoms. The molecule has 1 atom stereocenters. The van der Waals surface area contributed by atoms with Gasteiger partial charge in [-0.05, 0) is 32.4 Å². The van der Waals surface area contributed by atoms with Gasteiger partial charge in [0.2, 0.25) is 10.0 Å². The van der Waals surface area contributed by atoms with Gasteiger partial charge >= 0.3 is 0 Å². The van der Waals surface area contributed by atoms with Gasteiger partial charge in [0.05, 0.1) is 34.6 Å². The van der Waals surface area contributed by atoms with E-state index >= 15 is 0 Å². The highest BCUT2D eigenvalue weighted by Gasteiger charge is 2.35. The molecule has 1 unspecified atom stereocenters. The molecule has 1 aromatic carbocycles. The maximum Gasteiger partial charge on any atom is 0.249 e. The Labute approximate surface area is 180 Å². The number of hydrogen-bond donors (Lipinski definition) is 0. The van der Waals surface area contributed by atoms with Crippen molar-refractivity contribution in [1.29, 1.82) is 0 Å². The molecule has 4 rings (SSSR count). The molecule has 1 aromatic heterocycles. The van der Waals surface area contributed by atoms with E-state index in [1.807, 2.05) is 18.7 Å². The number of sulfonamides is 1. The number of nitrogens with zero attached hydrogens (tertiary/aromatic N) is 4. The highest BCUT2D eigenvalue weighted by atomic mass is 32.2. The standard InChI is InChI=1S/C19H24F2N4O4S2/c1-13-18(14(2)25(22-13)15-6-11-30(26,27)12-15)23-7-9-24(10-8-23)31(28,29)19-16(20)4-3-5-17(19)21/h3-5,15H,6-12H2,1-2H3. The van der Waals surface area contributed by atoms with Crippen LogP contribution in [0.2, 0.25) is 0 Å². The third kappa shape index (κ3) is 3.96. The van der Waals surface area contributed by atoms with Gasteiger partial charge in [-0.25, -0.2) is 25.6 Å². The normalized spacial score (nSPS) is 22.2. The third-order valence-electron chi connectivity index (χ3n) is 5.91. The van der Waals surface area contributed by atoms with Gasteiger partial charge in [-0.15, -0.1) is 0 Å². The Kier molecular flexibility index (Phi) is 5.59. The topological polar surface area (TPSA) is 92.6 Å². The fourth-order valence-electron chi connectivity index (χ4n) is 4.45. The van der Waals surface area contributed by atoms with Crippen molar-refractivity contribution in [1.82, 2.24) is 14.1 Å². The largest absolute Gasteiger partial charge is 0.366 e. The predicted molar refractivity (Wildman–Crippen MR) is 111 cm³/mol. The lowest BCUT2D eigenvalue weighted by atomic mass is 10.2. The van der Waals surface area contributed by atoms with Crippen molar-refractivity contribution in [3.63, 3.8) is 0 Å². The zero-order valence-corrected chi connectivity index (χ0v) is 18.9. The lowest BCUT2D eigenvalue weighted by Gasteiger charge is -2.35. The Bertz CT molecular complexity index is 1200. The Balaban J connectivity index is 1.53. The average Bonchev–Trinajstić information content (AvgIpc) is 3.19. The molecule has 2 aromatic rings. The SMILES string of the molecule is Cc1nn(C2CCS(=O)(=O)C2)c(C)c1N1CCN(S(=O)(=O)c2c(F)cccc2F)CC1. The van der Waals surface area contributed by atoms with E-state index in [1.165, 1.54) is 0 Å². The predicted octanol–water partition coefficient (Wildman–Crippen LogP) is 1.65. The van der Waals surface area contributed by atoms with Crippen LogP contribution >= 0.6 is 0 Å². The van der Waals surface area contributed by atoms with Crippen molar-refractivity contribution in [2.24, 2.45) is 0 Å². The van der Waals surface area contributed by atoms with Gasteiger partial charge in [0.1, 0.15) is 11.6 Å². The molecule has 0 spiro atoms. The summed E-state index contributed by atoms with van der Waals surface area (Å²) in [6.07, 6.45) is 0.518. The van der Waals surface area contributed by atoms with Crippen LogP contribution in [-0.4, -0.2) is 68.6 Å². The number of aryl methyl sites for hydroxylation is 1. The lowest BCUT2D eigenvalue weighted by molar-refractivity contribution is 0.378. The van der Waals surface area contributed by atoms with Crippen LogP contribution in [0.4, 0.5) is 14.5 Å². The van der Waals surface area contributed by atoms with Crippen LogP contribution in [-0.2, 0) is 19.9 Å². The second-order valence-electron chi connectivity index (χ2n) is 7.96. The van der Waals surface area contributed by atoms with Gasteiger partial charge in [-0.2, -0.15) is 9.40 Å². The first-order valence-corrected chi connectivity index (χ1v) is 13.2. The Morgan fingerprint density at radius 2 is 1.68 bits per heavy atom. The molecule has 2 saturated heterocycles. The van der Waals surface area contributed by atoms with Crippen molar-refractivity contribution in [2.75, 3.05) is 42.6 Å². The maximum atomic E-state index is 14.0. The molecule has 2 fully saturated rings. The number of aromatic nitrogens is 2. The number of halogens is 2. The van der Waals surface area contributed by atoms with Gasteiger partial charge in [0.15, 0.2) is 14.7 Å². The van der Waals surface area contributed by atoms with Crippen LogP contribution in [0.1, 0.15) is 23.9 Å². The van der Waals surface area contributed by atoms with Gasteiger partial charge in [-0.3, -0.25) is 4.68 Å². The van der Waals surface area contributed by atoms with Crippen LogP contribution in [0.25, 0.3) is 0 Å². The molecule has 0 radical (unpaired) electrons. The monoisotopic (exact) mass is 474 g/mol. The molecule has 0 aliphatic carbocycles. The van der Waals surface area contributed by atoms with Crippen molar-refractivity contribution >= 4 is 25.5 Å². The third-order valence-corrected chi connectivity index (χ3v) is 9.61. The van der Waals surface area contributed by atoms with Crippen LogP contribution < -0.4 is 4.90 Å². The van der Waals surface area contributed by atoms with E-state index in [9.17, 15) is 25.6 Å². The summed E-state index contributed by atoms with van der Waals surface area (Å²) in [4.78, 5) is 1.06. The van der Waals surface area contributed by atoms with E-state index in [0.29, 0.717) is 19.5 Å². The van der Waals surface area contributed by atoms with Gasteiger partial charge in [0.25, 0.3) is 0 Å². The highest BCUT2D eigenvalue weighted by molar-refractivity contribution is 7.91. The zero-order chi connectivity index (χ0) is 22.6. The van der Waals surface area contributed by atoms with Crippen LogP contribution in [0.3, 0.4) is 0 Å². The molecule has 2 aliphatic rings. The summed E-state index contributed by atoms with van der Waals surface area (Å²) in [6, 6.07) is 2.77. The van der Waals surface area contributed by atoms with Crippen molar-refractivity contribution in [3.8, 4) is 0 Å². The fraction of sp³-hybridized carbons (Fsp3) is 0.526. The molecule has 170 valence electrons. The maximum absolute atomic E-state index is 14.0. The second-order valence-corrected chi connectivity index (χ2v) is 12.1. The minimum atomic E-state index is -4.30. The van der Waals surface area contributed by atoms with Crippen molar-refractivity contribution < 1.29 is 25.6 Å². The number of rotatable bonds is 4.